The van der Waals surface area contributed by atoms with Gasteiger partial charge < -0.3 is 19.9 Å². The van der Waals surface area contributed by atoms with Crippen molar-refractivity contribution < 1.29 is 27.5 Å². The van der Waals surface area contributed by atoms with E-state index in [1.54, 1.807) is 23.1 Å². The van der Waals surface area contributed by atoms with Gasteiger partial charge in [0.05, 0.1) is 18.4 Å². The van der Waals surface area contributed by atoms with Crippen LogP contribution in [-0.4, -0.2) is 43.5 Å². The van der Waals surface area contributed by atoms with E-state index in [-0.39, 0.29) is 17.7 Å². The number of hydrogen-bond acceptors (Lipinski definition) is 5. The first kappa shape index (κ1) is 22.9. The first-order valence-corrected chi connectivity index (χ1v) is 10.8. The monoisotopic (exact) mass is 462 g/mol. The minimum absolute atomic E-state index is 0.0550. The topological polar surface area (TPSA) is 74.8 Å². The summed E-state index contributed by atoms with van der Waals surface area (Å²) < 4.78 is 43.6. The van der Waals surface area contributed by atoms with Crippen molar-refractivity contribution in [3.05, 3.63) is 42.1 Å². The summed E-state index contributed by atoms with van der Waals surface area (Å²) in [6.45, 7) is 1.69. The summed E-state index contributed by atoms with van der Waals surface area (Å²) in [5.74, 6) is 0.702. The lowest BCUT2D eigenvalue weighted by Gasteiger charge is -2.32. The molecule has 2 saturated heterocycles. The summed E-state index contributed by atoms with van der Waals surface area (Å²) in [5.41, 5.74) is 0.491. The van der Waals surface area contributed by atoms with E-state index in [1.807, 2.05) is 4.90 Å². The van der Waals surface area contributed by atoms with Gasteiger partial charge in [0.1, 0.15) is 11.6 Å². The van der Waals surface area contributed by atoms with Crippen LogP contribution in [0.1, 0.15) is 31.2 Å². The zero-order valence-electron chi connectivity index (χ0n) is 18.2. The third-order valence-corrected chi connectivity index (χ3v) is 6.08. The van der Waals surface area contributed by atoms with Crippen molar-refractivity contribution in [1.29, 1.82) is 0 Å². The molecule has 0 radical (unpaired) electrons. The molecular weight excluding hydrogens is 437 g/mol. The number of carbonyl (C=O) groups excluding carboxylic acids is 2. The Balaban J connectivity index is 1.35. The highest BCUT2D eigenvalue weighted by Crippen LogP contribution is 2.34. The maximum Gasteiger partial charge on any atom is 0.417 e. The quantitative estimate of drug-likeness (QED) is 0.725. The number of nitrogens with one attached hydrogen (secondary N) is 1. The highest BCUT2D eigenvalue weighted by atomic mass is 19.4. The number of rotatable bonds is 5. The summed E-state index contributed by atoms with van der Waals surface area (Å²) in [6.07, 6.45) is -1.13. The first-order chi connectivity index (χ1) is 15.8. The molecule has 0 atom stereocenters. The SMILES string of the molecule is COc1cc(NC(=O)C2CCN(c3ccc(C(F)(F)F)cn3)CC2)ccc1N1CCCC1=O. The number of amides is 2. The molecule has 2 aliphatic heterocycles. The molecule has 4 rings (SSSR count). The number of ether oxygens (including phenoxy) is 1. The van der Waals surface area contributed by atoms with Crippen molar-refractivity contribution in [2.24, 2.45) is 5.92 Å². The van der Waals surface area contributed by atoms with Gasteiger partial charge in [-0.25, -0.2) is 4.98 Å². The fraction of sp³-hybridized carbons (Fsp3) is 0.435. The van der Waals surface area contributed by atoms with Gasteiger partial charge in [-0.15, -0.1) is 0 Å². The van der Waals surface area contributed by atoms with E-state index in [9.17, 15) is 22.8 Å². The Hall–Kier alpha value is -3.30. The van der Waals surface area contributed by atoms with Crippen LogP contribution in [0, 0.1) is 5.92 Å². The molecule has 7 nitrogen and oxygen atoms in total. The van der Waals surface area contributed by atoms with Gasteiger partial charge in [0.15, 0.2) is 0 Å². The fourth-order valence-corrected chi connectivity index (χ4v) is 4.24. The summed E-state index contributed by atoms with van der Waals surface area (Å²) >= 11 is 0. The number of pyridine rings is 1. The molecule has 3 heterocycles. The fourth-order valence-electron chi connectivity index (χ4n) is 4.24. The van der Waals surface area contributed by atoms with Crippen LogP contribution < -0.4 is 19.9 Å². The number of nitrogens with zero attached hydrogens (tertiary/aromatic N) is 3. The number of aromatic nitrogens is 1. The normalized spacial score (nSPS) is 17.4. The van der Waals surface area contributed by atoms with E-state index in [4.69, 9.17) is 4.74 Å². The molecule has 2 aromatic rings. The van der Waals surface area contributed by atoms with Crippen molar-refractivity contribution in [3.63, 3.8) is 0 Å². The smallest absolute Gasteiger partial charge is 0.417 e. The molecule has 1 N–H and O–H groups in total. The van der Waals surface area contributed by atoms with Crippen LogP contribution in [0.4, 0.5) is 30.4 Å². The Bertz CT molecular complexity index is 1020. The first-order valence-electron chi connectivity index (χ1n) is 10.8. The molecule has 0 unspecified atom stereocenters. The second-order valence-corrected chi connectivity index (χ2v) is 8.19. The molecule has 1 aromatic carbocycles. The number of carbonyl (C=O) groups is 2. The molecule has 33 heavy (non-hydrogen) atoms. The summed E-state index contributed by atoms with van der Waals surface area (Å²) in [6, 6.07) is 7.62. The minimum Gasteiger partial charge on any atom is -0.494 e. The van der Waals surface area contributed by atoms with Gasteiger partial charge in [0.25, 0.3) is 0 Å². The van der Waals surface area contributed by atoms with E-state index in [1.165, 1.54) is 13.2 Å². The maximum atomic E-state index is 12.8. The molecule has 2 aliphatic rings. The third kappa shape index (κ3) is 5.04. The Morgan fingerprint density at radius 3 is 2.48 bits per heavy atom. The Morgan fingerprint density at radius 1 is 1.15 bits per heavy atom. The van der Waals surface area contributed by atoms with Gasteiger partial charge in [0, 0.05) is 49.9 Å². The van der Waals surface area contributed by atoms with Crippen LogP contribution in [0.2, 0.25) is 0 Å². The average Bonchev–Trinajstić information content (AvgIpc) is 3.24. The lowest BCUT2D eigenvalue weighted by molar-refractivity contribution is -0.137. The lowest BCUT2D eigenvalue weighted by Crippen LogP contribution is -2.38. The molecule has 176 valence electrons. The average molecular weight is 462 g/mol. The standard InChI is InChI=1S/C23H25F3N4O3/c1-33-19-13-17(5-6-18(19)30-10-2-3-21(30)31)28-22(32)15-8-11-29(12-9-15)20-7-4-16(14-27-20)23(24,25)26/h4-7,13-15H,2-3,8-12H2,1H3,(H,28,32). The van der Waals surface area contributed by atoms with Crippen LogP contribution in [-0.2, 0) is 15.8 Å². The highest BCUT2D eigenvalue weighted by Gasteiger charge is 2.32. The molecular formula is C23H25F3N4O3. The van der Waals surface area contributed by atoms with Crippen molar-refractivity contribution in [2.75, 3.05) is 41.9 Å². The predicted octanol–water partition coefficient (Wildman–Crippen LogP) is 4.09. The van der Waals surface area contributed by atoms with Crippen LogP contribution in [0.5, 0.6) is 5.75 Å². The van der Waals surface area contributed by atoms with Crippen LogP contribution in [0.25, 0.3) is 0 Å². The van der Waals surface area contributed by atoms with Crippen molar-refractivity contribution in [2.45, 2.75) is 31.9 Å². The summed E-state index contributed by atoms with van der Waals surface area (Å²) in [5, 5.41) is 2.91. The number of hydrogen-bond donors (Lipinski definition) is 1. The molecule has 0 spiro atoms. The van der Waals surface area contributed by atoms with Crippen molar-refractivity contribution in [1.82, 2.24) is 4.98 Å². The predicted molar refractivity (Wildman–Crippen MR) is 117 cm³/mol. The number of anilines is 3. The molecule has 0 bridgehead atoms. The third-order valence-electron chi connectivity index (χ3n) is 6.08. The van der Waals surface area contributed by atoms with Gasteiger partial charge in [-0.1, -0.05) is 0 Å². The summed E-state index contributed by atoms with van der Waals surface area (Å²) in [7, 11) is 1.52. The molecule has 2 fully saturated rings. The van der Waals surface area contributed by atoms with Gasteiger partial charge in [0.2, 0.25) is 11.8 Å². The molecule has 2 amide bonds. The van der Waals surface area contributed by atoms with Gasteiger partial charge in [-0.2, -0.15) is 13.2 Å². The summed E-state index contributed by atoms with van der Waals surface area (Å²) in [4.78, 5) is 32.3. The molecule has 0 saturated carbocycles. The van der Waals surface area contributed by atoms with Crippen molar-refractivity contribution in [3.8, 4) is 5.75 Å². The Labute approximate surface area is 189 Å². The second-order valence-electron chi connectivity index (χ2n) is 8.19. The highest BCUT2D eigenvalue weighted by molar-refractivity contribution is 5.98. The molecule has 1 aromatic heterocycles. The minimum atomic E-state index is -4.42. The van der Waals surface area contributed by atoms with E-state index < -0.39 is 11.7 Å². The lowest BCUT2D eigenvalue weighted by atomic mass is 9.95. The van der Waals surface area contributed by atoms with Crippen molar-refractivity contribution >= 4 is 29.0 Å². The number of benzene rings is 1. The van der Waals surface area contributed by atoms with Crippen LogP contribution >= 0.6 is 0 Å². The van der Waals surface area contributed by atoms with E-state index in [0.717, 1.165) is 18.7 Å². The molecule has 0 aliphatic carbocycles. The molecule has 10 heteroatoms. The largest absolute Gasteiger partial charge is 0.494 e. The van der Waals surface area contributed by atoms with E-state index in [2.05, 4.69) is 10.3 Å². The number of piperidine rings is 1. The van der Waals surface area contributed by atoms with Gasteiger partial charge in [-0.05, 0) is 43.5 Å². The van der Waals surface area contributed by atoms with Crippen LogP contribution in [0.15, 0.2) is 36.5 Å². The number of methoxy groups -OCH3 is 1. The van der Waals surface area contributed by atoms with Gasteiger partial charge >= 0.3 is 6.18 Å². The van der Waals surface area contributed by atoms with Gasteiger partial charge in [-0.3, -0.25) is 9.59 Å². The zero-order valence-corrected chi connectivity index (χ0v) is 18.2. The number of halogens is 3. The van der Waals surface area contributed by atoms with E-state index >= 15 is 0 Å². The maximum absolute atomic E-state index is 12.8. The van der Waals surface area contributed by atoms with E-state index in [0.29, 0.717) is 61.8 Å². The Morgan fingerprint density at radius 2 is 1.91 bits per heavy atom. The number of alkyl halides is 3. The Kier molecular flexibility index (Phi) is 6.44. The zero-order chi connectivity index (χ0) is 23.6. The van der Waals surface area contributed by atoms with Crippen LogP contribution in [0.3, 0.4) is 0 Å². The second kappa shape index (κ2) is 9.29.